The summed E-state index contributed by atoms with van der Waals surface area (Å²) >= 11 is 0. The van der Waals surface area contributed by atoms with Crippen molar-refractivity contribution < 1.29 is 4.74 Å². The lowest BCUT2D eigenvalue weighted by molar-refractivity contribution is 0.328. The molecule has 0 aliphatic rings. The van der Waals surface area contributed by atoms with E-state index in [1.165, 1.54) is 16.7 Å². The van der Waals surface area contributed by atoms with Crippen LogP contribution in [-0.2, 0) is 0 Å². The predicted molar refractivity (Wildman–Crippen MR) is 108 cm³/mol. The number of ether oxygens (including phenoxy) is 1. The first-order chi connectivity index (χ1) is 10.5. The van der Waals surface area contributed by atoms with Crippen LogP contribution in [0.4, 0.5) is 5.69 Å². The number of benzene rings is 2. The Bertz CT molecular complexity index is 634. The molecule has 0 heterocycles. The minimum atomic E-state index is 0. The highest BCUT2D eigenvalue weighted by Gasteiger charge is 1.98. The topological polar surface area (TPSA) is 59.6 Å². The zero-order chi connectivity index (χ0) is 15.9. The number of aliphatic imine (C=N–C) groups is 1. The predicted octanol–water partition coefficient (Wildman–Crippen LogP) is 4.04. The molecule has 0 radical (unpaired) electrons. The Morgan fingerprint density at radius 1 is 1.00 bits per heavy atom. The molecule has 5 heteroatoms. The van der Waals surface area contributed by atoms with Crippen molar-refractivity contribution in [2.24, 2.45) is 10.7 Å². The minimum Gasteiger partial charge on any atom is -0.492 e. The van der Waals surface area contributed by atoms with E-state index in [2.05, 4.69) is 30.2 Å². The van der Waals surface area contributed by atoms with Crippen LogP contribution < -0.4 is 15.8 Å². The van der Waals surface area contributed by atoms with Crippen molar-refractivity contribution in [1.82, 2.24) is 0 Å². The molecule has 0 aliphatic heterocycles. The number of rotatable bonds is 5. The first-order valence-corrected chi connectivity index (χ1v) is 7.37. The number of hydrogen-bond donors (Lipinski definition) is 2. The van der Waals surface area contributed by atoms with Gasteiger partial charge in [0.15, 0.2) is 5.96 Å². The highest BCUT2D eigenvalue weighted by Crippen LogP contribution is 2.13. The Hall–Kier alpha value is -1.76. The fraction of sp³-hybridized carbons (Fsp3) is 0.278. The lowest BCUT2D eigenvalue weighted by Gasteiger charge is -2.08. The van der Waals surface area contributed by atoms with Gasteiger partial charge in [0.2, 0.25) is 0 Å². The third-order valence-electron chi connectivity index (χ3n) is 3.16. The Labute approximate surface area is 155 Å². The molecule has 124 valence electrons. The average molecular weight is 425 g/mol. The molecule has 0 saturated carbocycles. The summed E-state index contributed by atoms with van der Waals surface area (Å²) in [5.74, 6) is 1.25. The van der Waals surface area contributed by atoms with Crippen LogP contribution in [0.2, 0.25) is 0 Å². The molecule has 0 fully saturated rings. The van der Waals surface area contributed by atoms with Crippen LogP contribution in [0.15, 0.2) is 47.5 Å². The van der Waals surface area contributed by atoms with Gasteiger partial charge in [0.25, 0.3) is 0 Å². The quantitative estimate of drug-likeness (QED) is 0.329. The molecule has 0 aromatic heterocycles. The van der Waals surface area contributed by atoms with Crippen LogP contribution in [0, 0.1) is 20.8 Å². The fourth-order valence-corrected chi connectivity index (χ4v) is 2.20. The number of guanidine groups is 1. The van der Waals surface area contributed by atoms with Gasteiger partial charge in [0.1, 0.15) is 12.4 Å². The Morgan fingerprint density at radius 2 is 1.61 bits per heavy atom. The first-order valence-electron chi connectivity index (χ1n) is 7.37. The van der Waals surface area contributed by atoms with E-state index >= 15 is 0 Å². The molecule has 0 aliphatic carbocycles. The van der Waals surface area contributed by atoms with Crippen LogP contribution in [-0.4, -0.2) is 19.1 Å². The van der Waals surface area contributed by atoms with Crippen molar-refractivity contribution in [2.45, 2.75) is 20.8 Å². The monoisotopic (exact) mass is 425 g/mol. The van der Waals surface area contributed by atoms with Gasteiger partial charge in [-0.05, 0) is 56.2 Å². The number of nitrogens with zero attached hydrogens (tertiary/aromatic N) is 1. The molecule has 2 rings (SSSR count). The number of nitrogens with two attached hydrogens (primary N) is 1. The molecule has 23 heavy (non-hydrogen) atoms. The molecule has 0 spiro atoms. The summed E-state index contributed by atoms with van der Waals surface area (Å²) in [4.78, 5) is 4.27. The van der Waals surface area contributed by atoms with Crippen LogP contribution in [0.25, 0.3) is 0 Å². The highest BCUT2D eigenvalue weighted by atomic mass is 127. The van der Waals surface area contributed by atoms with E-state index in [-0.39, 0.29) is 24.0 Å². The van der Waals surface area contributed by atoms with Crippen molar-refractivity contribution in [3.8, 4) is 5.75 Å². The lowest BCUT2D eigenvalue weighted by atomic mass is 10.1. The lowest BCUT2D eigenvalue weighted by Crippen LogP contribution is -2.23. The Kier molecular flexibility index (Phi) is 7.88. The molecule has 4 nitrogen and oxygen atoms in total. The summed E-state index contributed by atoms with van der Waals surface area (Å²) in [6.45, 7) is 7.17. The number of aryl methyl sites for hydroxylation is 3. The molecule has 2 aromatic rings. The van der Waals surface area contributed by atoms with Gasteiger partial charge in [-0.1, -0.05) is 23.8 Å². The highest BCUT2D eigenvalue weighted by molar-refractivity contribution is 14.0. The minimum absolute atomic E-state index is 0. The molecular weight excluding hydrogens is 401 g/mol. The van der Waals surface area contributed by atoms with Crippen molar-refractivity contribution in [3.05, 3.63) is 59.2 Å². The summed E-state index contributed by atoms with van der Waals surface area (Å²) in [5, 5.41) is 3.10. The van der Waals surface area contributed by atoms with E-state index in [4.69, 9.17) is 10.5 Å². The number of halogens is 1. The van der Waals surface area contributed by atoms with Crippen LogP contribution in [0.3, 0.4) is 0 Å². The second kappa shape index (κ2) is 9.39. The molecule has 0 saturated heterocycles. The van der Waals surface area contributed by atoms with Crippen molar-refractivity contribution in [2.75, 3.05) is 18.5 Å². The molecular formula is C18H24IN3O. The SMILES string of the molecule is Cc1ccc(OCCN=C(N)Nc2cc(C)cc(C)c2)cc1.I. The maximum atomic E-state index is 5.89. The summed E-state index contributed by atoms with van der Waals surface area (Å²) in [7, 11) is 0. The van der Waals surface area contributed by atoms with Crippen LogP contribution >= 0.6 is 24.0 Å². The second-order valence-electron chi connectivity index (χ2n) is 5.43. The maximum absolute atomic E-state index is 5.89. The molecule has 3 N–H and O–H groups in total. The molecule has 2 aromatic carbocycles. The average Bonchev–Trinajstić information content (AvgIpc) is 2.44. The van der Waals surface area contributed by atoms with E-state index in [9.17, 15) is 0 Å². The normalized spacial score (nSPS) is 10.8. The van der Waals surface area contributed by atoms with Crippen LogP contribution in [0.5, 0.6) is 5.75 Å². The van der Waals surface area contributed by atoms with E-state index in [1.807, 2.05) is 43.3 Å². The summed E-state index contributed by atoms with van der Waals surface area (Å²) < 4.78 is 5.61. The summed E-state index contributed by atoms with van der Waals surface area (Å²) in [6.07, 6.45) is 0. The second-order valence-corrected chi connectivity index (χ2v) is 5.43. The van der Waals surface area contributed by atoms with Gasteiger partial charge >= 0.3 is 0 Å². The molecule has 0 unspecified atom stereocenters. The third-order valence-corrected chi connectivity index (χ3v) is 3.16. The van der Waals surface area contributed by atoms with E-state index in [0.717, 1.165) is 11.4 Å². The number of hydrogen-bond acceptors (Lipinski definition) is 2. The van der Waals surface area contributed by atoms with Gasteiger partial charge in [-0.25, -0.2) is 4.99 Å². The standard InChI is InChI=1S/C18H23N3O.HI/c1-13-4-6-17(7-5-13)22-9-8-20-18(19)21-16-11-14(2)10-15(3)12-16;/h4-7,10-12H,8-9H2,1-3H3,(H3,19,20,21);1H. The zero-order valence-corrected chi connectivity index (χ0v) is 16.1. The van der Waals surface area contributed by atoms with E-state index < -0.39 is 0 Å². The van der Waals surface area contributed by atoms with Crippen LogP contribution in [0.1, 0.15) is 16.7 Å². The fourth-order valence-electron chi connectivity index (χ4n) is 2.20. The third kappa shape index (κ3) is 6.90. The molecule has 0 amide bonds. The number of nitrogens with one attached hydrogen (secondary N) is 1. The Balaban J connectivity index is 0.00000264. The van der Waals surface area contributed by atoms with Gasteiger partial charge in [0, 0.05) is 5.69 Å². The molecule has 0 bridgehead atoms. The Morgan fingerprint density at radius 3 is 2.22 bits per heavy atom. The van der Waals surface area contributed by atoms with E-state index in [1.54, 1.807) is 0 Å². The maximum Gasteiger partial charge on any atom is 0.193 e. The summed E-state index contributed by atoms with van der Waals surface area (Å²) in [5.41, 5.74) is 10.4. The van der Waals surface area contributed by atoms with Gasteiger partial charge in [-0.15, -0.1) is 24.0 Å². The van der Waals surface area contributed by atoms with Gasteiger partial charge in [-0.2, -0.15) is 0 Å². The van der Waals surface area contributed by atoms with Gasteiger partial charge in [0.05, 0.1) is 6.54 Å². The number of anilines is 1. The van der Waals surface area contributed by atoms with Crippen molar-refractivity contribution in [3.63, 3.8) is 0 Å². The van der Waals surface area contributed by atoms with Gasteiger partial charge < -0.3 is 15.8 Å². The van der Waals surface area contributed by atoms with Crippen molar-refractivity contribution >= 4 is 35.6 Å². The van der Waals surface area contributed by atoms with Gasteiger partial charge in [-0.3, -0.25) is 0 Å². The largest absolute Gasteiger partial charge is 0.492 e. The smallest absolute Gasteiger partial charge is 0.193 e. The first kappa shape index (κ1) is 19.3. The summed E-state index contributed by atoms with van der Waals surface area (Å²) in [6, 6.07) is 14.2. The van der Waals surface area contributed by atoms with Crippen molar-refractivity contribution in [1.29, 1.82) is 0 Å². The van der Waals surface area contributed by atoms with E-state index in [0.29, 0.717) is 19.1 Å². The zero-order valence-electron chi connectivity index (χ0n) is 13.8. The molecule has 0 atom stereocenters.